The predicted molar refractivity (Wildman–Crippen MR) is 77.1 cm³/mol. The van der Waals surface area contributed by atoms with Crippen LogP contribution in [0.15, 0.2) is 36.4 Å². The van der Waals surface area contributed by atoms with Crippen LogP contribution in [0.3, 0.4) is 0 Å². The van der Waals surface area contributed by atoms with Gasteiger partial charge in [-0.05, 0) is 23.8 Å². The molecule has 0 aliphatic rings. The smallest absolute Gasteiger partial charge is 0.271 e. The van der Waals surface area contributed by atoms with Gasteiger partial charge in [0.05, 0.1) is 23.7 Å². The Kier molecular flexibility index (Phi) is 4.62. The van der Waals surface area contributed by atoms with Crippen LogP contribution in [-0.2, 0) is 6.61 Å². The molecule has 2 aromatic rings. The lowest BCUT2D eigenvalue weighted by atomic mass is 10.2. The highest BCUT2D eigenvalue weighted by Gasteiger charge is 2.13. The van der Waals surface area contributed by atoms with Gasteiger partial charge in [0, 0.05) is 12.1 Å². The van der Waals surface area contributed by atoms with E-state index in [4.69, 9.17) is 26.2 Å². The van der Waals surface area contributed by atoms with Crippen LogP contribution in [0, 0.1) is 10.1 Å². The summed E-state index contributed by atoms with van der Waals surface area (Å²) >= 11 is 5.97. The molecule has 6 nitrogen and oxygen atoms in total. The third-order valence-electron chi connectivity index (χ3n) is 2.76. The molecule has 0 aromatic heterocycles. The fourth-order valence-corrected chi connectivity index (χ4v) is 1.91. The fourth-order valence-electron chi connectivity index (χ4n) is 1.70. The number of hydrogen-bond acceptors (Lipinski definition) is 5. The first-order valence-electron chi connectivity index (χ1n) is 5.94. The summed E-state index contributed by atoms with van der Waals surface area (Å²) in [4.78, 5) is 10.1. The third kappa shape index (κ3) is 3.42. The number of non-ortho nitro benzene ring substituents is 1. The summed E-state index contributed by atoms with van der Waals surface area (Å²) in [6, 6.07) is 8.87. The van der Waals surface area contributed by atoms with Crippen LogP contribution in [0.5, 0.6) is 17.2 Å². The number of methoxy groups -OCH3 is 1. The standard InChI is InChI=1S/C14H12ClNO5/c1-20-14-6-9(8-17)2-4-13(14)21-12-5-3-10(16(18)19)7-11(12)15/h2-7,17H,8H2,1H3. The van der Waals surface area contributed by atoms with E-state index >= 15 is 0 Å². The SMILES string of the molecule is COc1cc(CO)ccc1Oc1ccc([N+](=O)[O-])cc1Cl. The summed E-state index contributed by atoms with van der Waals surface area (Å²) in [5.74, 6) is 1.10. The van der Waals surface area contributed by atoms with Crippen molar-refractivity contribution in [2.24, 2.45) is 0 Å². The van der Waals surface area contributed by atoms with Crippen molar-refractivity contribution in [2.75, 3.05) is 7.11 Å². The number of nitro benzene ring substituents is 1. The molecule has 0 unspecified atom stereocenters. The molecule has 0 radical (unpaired) electrons. The van der Waals surface area contributed by atoms with Crippen molar-refractivity contribution in [1.82, 2.24) is 0 Å². The van der Waals surface area contributed by atoms with Gasteiger partial charge >= 0.3 is 0 Å². The predicted octanol–water partition coefficient (Wildman–Crippen LogP) is 3.54. The van der Waals surface area contributed by atoms with Crippen LogP contribution in [0.4, 0.5) is 5.69 Å². The summed E-state index contributed by atoms with van der Waals surface area (Å²) < 4.78 is 10.8. The quantitative estimate of drug-likeness (QED) is 0.674. The van der Waals surface area contributed by atoms with Gasteiger partial charge < -0.3 is 14.6 Å². The molecule has 1 N–H and O–H groups in total. The largest absolute Gasteiger partial charge is 0.493 e. The van der Waals surface area contributed by atoms with E-state index in [0.29, 0.717) is 17.1 Å². The molecular formula is C14H12ClNO5. The Hall–Kier alpha value is -2.31. The molecular weight excluding hydrogens is 298 g/mol. The molecule has 2 aromatic carbocycles. The molecule has 0 spiro atoms. The Morgan fingerprint density at radius 3 is 2.48 bits per heavy atom. The van der Waals surface area contributed by atoms with Crippen LogP contribution in [0.2, 0.25) is 5.02 Å². The number of aliphatic hydroxyl groups is 1. The summed E-state index contributed by atoms with van der Waals surface area (Å²) in [5, 5.41) is 19.9. The molecule has 110 valence electrons. The maximum Gasteiger partial charge on any atom is 0.271 e. The maximum absolute atomic E-state index is 10.7. The lowest BCUT2D eigenvalue weighted by Gasteiger charge is -2.12. The lowest BCUT2D eigenvalue weighted by molar-refractivity contribution is -0.384. The number of hydrogen-bond donors (Lipinski definition) is 1. The van der Waals surface area contributed by atoms with Crippen molar-refractivity contribution < 1.29 is 19.5 Å². The van der Waals surface area contributed by atoms with Crippen molar-refractivity contribution in [3.63, 3.8) is 0 Å². The zero-order valence-electron chi connectivity index (χ0n) is 11.1. The Morgan fingerprint density at radius 1 is 1.19 bits per heavy atom. The van der Waals surface area contributed by atoms with Crippen LogP contribution < -0.4 is 9.47 Å². The molecule has 2 rings (SSSR count). The summed E-state index contributed by atoms with van der Waals surface area (Å²) in [6.07, 6.45) is 0. The molecule has 0 atom stereocenters. The van der Waals surface area contributed by atoms with Crippen LogP contribution >= 0.6 is 11.6 Å². The number of nitro groups is 1. The number of nitrogens with zero attached hydrogens (tertiary/aromatic N) is 1. The normalized spacial score (nSPS) is 10.2. The lowest BCUT2D eigenvalue weighted by Crippen LogP contribution is -1.94. The molecule has 0 aliphatic heterocycles. The van der Waals surface area contributed by atoms with Gasteiger partial charge in [-0.15, -0.1) is 0 Å². The Balaban J connectivity index is 2.32. The maximum atomic E-state index is 10.7. The minimum atomic E-state index is -0.535. The molecule has 7 heteroatoms. The summed E-state index contributed by atoms with van der Waals surface area (Å²) in [6.45, 7) is -0.116. The molecule has 0 amide bonds. The molecule has 0 bridgehead atoms. The van der Waals surface area contributed by atoms with E-state index in [1.165, 1.54) is 25.3 Å². The van der Waals surface area contributed by atoms with Gasteiger partial charge in [0.25, 0.3) is 5.69 Å². The second-order valence-corrected chi connectivity index (χ2v) is 4.52. The van der Waals surface area contributed by atoms with E-state index in [1.54, 1.807) is 18.2 Å². The van der Waals surface area contributed by atoms with Gasteiger partial charge in [-0.2, -0.15) is 0 Å². The van der Waals surface area contributed by atoms with E-state index in [1.807, 2.05) is 0 Å². The van der Waals surface area contributed by atoms with Crippen molar-refractivity contribution in [2.45, 2.75) is 6.61 Å². The minimum absolute atomic E-state index is 0.116. The average molecular weight is 310 g/mol. The van der Waals surface area contributed by atoms with E-state index in [0.717, 1.165) is 0 Å². The number of rotatable bonds is 5. The van der Waals surface area contributed by atoms with Gasteiger partial charge in [0.15, 0.2) is 11.5 Å². The van der Waals surface area contributed by atoms with Crippen molar-refractivity contribution in [1.29, 1.82) is 0 Å². The molecule has 0 saturated heterocycles. The zero-order valence-corrected chi connectivity index (χ0v) is 11.8. The monoisotopic (exact) mass is 309 g/mol. The van der Waals surface area contributed by atoms with E-state index in [-0.39, 0.29) is 23.1 Å². The highest BCUT2D eigenvalue weighted by molar-refractivity contribution is 6.32. The van der Waals surface area contributed by atoms with Gasteiger partial charge in [-0.25, -0.2) is 0 Å². The third-order valence-corrected chi connectivity index (χ3v) is 3.05. The first-order valence-corrected chi connectivity index (χ1v) is 6.32. The van der Waals surface area contributed by atoms with Gasteiger partial charge in [-0.3, -0.25) is 10.1 Å². The van der Waals surface area contributed by atoms with Gasteiger partial charge in [-0.1, -0.05) is 17.7 Å². The van der Waals surface area contributed by atoms with Crippen molar-refractivity contribution in [3.8, 4) is 17.2 Å². The van der Waals surface area contributed by atoms with Crippen LogP contribution in [-0.4, -0.2) is 17.1 Å². The number of halogens is 1. The zero-order chi connectivity index (χ0) is 15.4. The summed E-state index contributed by atoms with van der Waals surface area (Å²) in [5.41, 5.74) is 0.559. The van der Waals surface area contributed by atoms with Gasteiger partial charge in [0.1, 0.15) is 5.75 Å². The minimum Gasteiger partial charge on any atom is -0.493 e. The van der Waals surface area contributed by atoms with E-state index in [2.05, 4.69) is 0 Å². The molecule has 21 heavy (non-hydrogen) atoms. The number of benzene rings is 2. The van der Waals surface area contributed by atoms with E-state index in [9.17, 15) is 10.1 Å². The van der Waals surface area contributed by atoms with Gasteiger partial charge in [0.2, 0.25) is 0 Å². The average Bonchev–Trinajstić information content (AvgIpc) is 2.49. The highest BCUT2D eigenvalue weighted by Crippen LogP contribution is 2.36. The second-order valence-electron chi connectivity index (χ2n) is 4.12. The second kappa shape index (κ2) is 6.43. The van der Waals surface area contributed by atoms with Crippen molar-refractivity contribution in [3.05, 3.63) is 57.1 Å². The number of aliphatic hydroxyl groups excluding tert-OH is 1. The highest BCUT2D eigenvalue weighted by atomic mass is 35.5. The first-order chi connectivity index (χ1) is 10.0. The molecule has 0 fully saturated rings. The van der Waals surface area contributed by atoms with E-state index < -0.39 is 4.92 Å². The molecule has 0 heterocycles. The Morgan fingerprint density at radius 2 is 1.90 bits per heavy atom. The topological polar surface area (TPSA) is 81.8 Å². The molecule has 0 aliphatic carbocycles. The van der Waals surface area contributed by atoms with Crippen LogP contribution in [0.1, 0.15) is 5.56 Å². The van der Waals surface area contributed by atoms with Crippen LogP contribution in [0.25, 0.3) is 0 Å². The fraction of sp³-hybridized carbons (Fsp3) is 0.143. The number of ether oxygens (including phenoxy) is 2. The molecule has 0 saturated carbocycles. The summed E-state index contributed by atoms with van der Waals surface area (Å²) in [7, 11) is 1.47. The Bertz CT molecular complexity index is 674. The first kappa shape index (κ1) is 15.1. The van der Waals surface area contributed by atoms with Crippen molar-refractivity contribution >= 4 is 17.3 Å². The Labute approximate surface area is 125 Å².